The van der Waals surface area contributed by atoms with Gasteiger partial charge in [0.25, 0.3) is 5.91 Å². The minimum atomic E-state index is 0.0350. The number of hydrogen-bond donors (Lipinski definition) is 1. The Labute approximate surface area is 111 Å². The molecule has 3 heterocycles. The number of carbonyl (C=O) groups is 1. The molecule has 96 valence electrons. The van der Waals surface area contributed by atoms with Crippen LogP contribution in [0.5, 0.6) is 0 Å². The van der Waals surface area contributed by atoms with E-state index in [0.29, 0.717) is 16.5 Å². The Bertz CT molecular complexity index is 465. The van der Waals surface area contributed by atoms with Gasteiger partial charge in [-0.2, -0.15) is 0 Å². The molecule has 4 nitrogen and oxygen atoms in total. The molecule has 2 fully saturated rings. The fourth-order valence-electron chi connectivity index (χ4n) is 2.94. The highest BCUT2D eigenvalue weighted by Crippen LogP contribution is 2.28. The lowest BCUT2D eigenvalue weighted by atomic mass is 9.88. The predicted octanol–water partition coefficient (Wildman–Crippen LogP) is 1.42. The van der Waals surface area contributed by atoms with Gasteiger partial charge in [0.05, 0.1) is 10.6 Å². The summed E-state index contributed by atoms with van der Waals surface area (Å²) in [4.78, 5) is 18.2. The lowest BCUT2D eigenvalue weighted by Gasteiger charge is -2.34. The Morgan fingerprint density at radius 1 is 1.44 bits per heavy atom. The Morgan fingerprint density at radius 2 is 2.28 bits per heavy atom. The number of pyridine rings is 1. The summed E-state index contributed by atoms with van der Waals surface area (Å²) in [6.07, 6.45) is 4.23. The maximum atomic E-state index is 12.4. The number of rotatable bonds is 1. The molecule has 3 rings (SSSR count). The van der Waals surface area contributed by atoms with Crippen molar-refractivity contribution in [3.63, 3.8) is 0 Å². The summed E-state index contributed by atoms with van der Waals surface area (Å²) in [5, 5.41) is 3.84. The molecule has 0 radical (unpaired) electrons. The van der Waals surface area contributed by atoms with Crippen molar-refractivity contribution < 1.29 is 4.79 Å². The fourth-order valence-corrected chi connectivity index (χ4v) is 3.14. The normalized spacial score (nSPS) is 27.1. The second-order valence-corrected chi connectivity index (χ2v) is 5.48. The molecule has 0 spiro atoms. The van der Waals surface area contributed by atoms with Crippen LogP contribution in [0.1, 0.15) is 16.8 Å². The van der Waals surface area contributed by atoms with Crippen LogP contribution in [0.2, 0.25) is 5.02 Å². The lowest BCUT2D eigenvalue weighted by molar-refractivity contribution is 0.0642. The highest BCUT2D eigenvalue weighted by molar-refractivity contribution is 6.33. The van der Waals surface area contributed by atoms with Crippen LogP contribution in [0.25, 0.3) is 0 Å². The Kier molecular flexibility index (Phi) is 3.22. The summed E-state index contributed by atoms with van der Waals surface area (Å²) >= 11 is 6.03. The topological polar surface area (TPSA) is 45.2 Å². The number of piperidine rings is 1. The van der Waals surface area contributed by atoms with E-state index >= 15 is 0 Å². The first kappa shape index (κ1) is 11.9. The highest BCUT2D eigenvalue weighted by Gasteiger charge is 2.34. The second kappa shape index (κ2) is 4.86. The van der Waals surface area contributed by atoms with Crippen molar-refractivity contribution in [1.29, 1.82) is 0 Å². The number of hydrogen-bond acceptors (Lipinski definition) is 3. The summed E-state index contributed by atoms with van der Waals surface area (Å²) in [5.41, 5.74) is 0.566. The van der Waals surface area contributed by atoms with Crippen molar-refractivity contribution in [2.45, 2.75) is 6.42 Å². The van der Waals surface area contributed by atoms with Gasteiger partial charge in [-0.1, -0.05) is 11.6 Å². The van der Waals surface area contributed by atoms with Gasteiger partial charge in [-0.25, -0.2) is 0 Å². The molecular formula is C13H16ClN3O. The average Bonchev–Trinajstić information content (AvgIpc) is 2.85. The van der Waals surface area contributed by atoms with Gasteiger partial charge in [0.15, 0.2) is 0 Å². The van der Waals surface area contributed by atoms with Crippen molar-refractivity contribution in [2.75, 3.05) is 26.2 Å². The van der Waals surface area contributed by atoms with Gasteiger partial charge in [0, 0.05) is 25.5 Å². The van der Waals surface area contributed by atoms with E-state index in [1.165, 1.54) is 6.20 Å². The molecule has 1 N–H and O–H groups in total. The second-order valence-electron chi connectivity index (χ2n) is 5.07. The van der Waals surface area contributed by atoms with Crippen LogP contribution in [0.3, 0.4) is 0 Å². The van der Waals surface area contributed by atoms with Gasteiger partial charge in [-0.3, -0.25) is 9.78 Å². The van der Waals surface area contributed by atoms with Crippen LogP contribution in [-0.2, 0) is 0 Å². The molecular weight excluding hydrogens is 250 g/mol. The van der Waals surface area contributed by atoms with E-state index in [9.17, 15) is 4.79 Å². The molecule has 0 saturated carbocycles. The van der Waals surface area contributed by atoms with E-state index in [1.54, 1.807) is 12.3 Å². The highest BCUT2D eigenvalue weighted by atomic mass is 35.5. The van der Waals surface area contributed by atoms with Gasteiger partial charge in [0.1, 0.15) is 0 Å². The van der Waals surface area contributed by atoms with E-state index in [1.807, 2.05) is 4.90 Å². The van der Waals surface area contributed by atoms with E-state index in [-0.39, 0.29) is 5.91 Å². The quantitative estimate of drug-likeness (QED) is 0.835. The number of likely N-dealkylation sites (tertiary alicyclic amines) is 1. The zero-order valence-electron chi connectivity index (χ0n) is 10.1. The molecule has 2 atom stereocenters. The molecule has 1 aromatic rings. The van der Waals surface area contributed by atoms with E-state index in [4.69, 9.17) is 11.6 Å². The third-order valence-electron chi connectivity index (χ3n) is 3.99. The van der Waals surface area contributed by atoms with Crippen LogP contribution >= 0.6 is 11.6 Å². The van der Waals surface area contributed by atoms with Crippen molar-refractivity contribution in [3.05, 3.63) is 29.0 Å². The molecule has 5 heteroatoms. The zero-order valence-corrected chi connectivity index (χ0v) is 10.9. The van der Waals surface area contributed by atoms with Gasteiger partial charge < -0.3 is 10.2 Å². The van der Waals surface area contributed by atoms with Crippen molar-refractivity contribution in [1.82, 2.24) is 15.2 Å². The number of fused-ring (bicyclic) bond motifs is 1. The molecule has 0 aromatic carbocycles. The maximum absolute atomic E-state index is 12.4. The van der Waals surface area contributed by atoms with Gasteiger partial charge in [0.2, 0.25) is 0 Å². The van der Waals surface area contributed by atoms with Crippen molar-refractivity contribution in [2.24, 2.45) is 11.8 Å². The van der Waals surface area contributed by atoms with Gasteiger partial charge >= 0.3 is 0 Å². The zero-order chi connectivity index (χ0) is 12.5. The Morgan fingerprint density at radius 3 is 3.11 bits per heavy atom. The fraction of sp³-hybridized carbons (Fsp3) is 0.538. The third kappa shape index (κ3) is 2.10. The summed E-state index contributed by atoms with van der Waals surface area (Å²) in [6.45, 7) is 3.80. The van der Waals surface area contributed by atoms with E-state index in [0.717, 1.165) is 38.5 Å². The molecule has 0 aliphatic carbocycles. The largest absolute Gasteiger partial charge is 0.338 e. The smallest absolute Gasteiger partial charge is 0.255 e. The van der Waals surface area contributed by atoms with Crippen LogP contribution in [-0.4, -0.2) is 42.0 Å². The molecule has 2 saturated heterocycles. The molecule has 2 aliphatic heterocycles. The summed E-state index contributed by atoms with van der Waals surface area (Å²) < 4.78 is 0. The number of aromatic nitrogens is 1. The van der Waals surface area contributed by atoms with Gasteiger partial charge in [-0.05, 0) is 37.4 Å². The van der Waals surface area contributed by atoms with Crippen LogP contribution in [0.4, 0.5) is 0 Å². The Balaban J connectivity index is 1.75. The van der Waals surface area contributed by atoms with Crippen molar-refractivity contribution in [3.8, 4) is 0 Å². The molecule has 18 heavy (non-hydrogen) atoms. The number of amides is 1. The van der Waals surface area contributed by atoms with E-state index in [2.05, 4.69) is 10.3 Å². The molecule has 1 amide bonds. The van der Waals surface area contributed by atoms with Gasteiger partial charge in [-0.15, -0.1) is 0 Å². The first-order valence-corrected chi connectivity index (χ1v) is 6.73. The summed E-state index contributed by atoms with van der Waals surface area (Å²) in [7, 11) is 0. The molecule has 1 aromatic heterocycles. The number of nitrogens with one attached hydrogen (secondary N) is 1. The third-order valence-corrected chi connectivity index (χ3v) is 4.30. The monoisotopic (exact) mass is 265 g/mol. The standard InChI is InChI=1S/C13H16ClN3O/c14-12-7-15-3-1-11(12)13(18)17-4-2-9-5-16-6-10(9)8-17/h1,3,7,9-10,16H,2,4-6,8H2. The number of halogens is 1. The maximum Gasteiger partial charge on any atom is 0.255 e. The summed E-state index contributed by atoms with van der Waals surface area (Å²) in [6, 6.07) is 1.70. The molecule has 2 unspecified atom stereocenters. The first-order valence-electron chi connectivity index (χ1n) is 6.35. The SMILES string of the molecule is O=C(c1ccncc1Cl)N1CCC2CNCC2C1. The Hall–Kier alpha value is -1.13. The number of nitrogens with zero attached hydrogens (tertiary/aromatic N) is 2. The minimum absolute atomic E-state index is 0.0350. The molecule has 2 aliphatic rings. The molecule has 0 bridgehead atoms. The lowest BCUT2D eigenvalue weighted by Crippen LogP contribution is -2.43. The first-order chi connectivity index (χ1) is 8.75. The van der Waals surface area contributed by atoms with E-state index < -0.39 is 0 Å². The summed E-state index contributed by atoms with van der Waals surface area (Å²) in [5.74, 6) is 1.37. The minimum Gasteiger partial charge on any atom is -0.338 e. The van der Waals surface area contributed by atoms with Crippen LogP contribution in [0.15, 0.2) is 18.5 Å². The number of carbonyl (C=O) groups excluding carboxylic acids is 1. The van der Waals surface area contributed by atoms with Crippen LogP contribution in [0, 0.1) is 11.8 Å². The predicted molar refractivity (Wildman–Crippen MR) is 69.6 cm³/mol. The average molecular weight is 266 g/mol. The van der Waals surface area contributed by atoms with Crippen molar-refractivity contribution >= 4 is 17.5 Å². The van der Waals surface area contributed by atoms with Crippen LogP contribution < -0.4 is 5.32 Å².